The Morgan fingerprint density at radius 1 is 1.05 bits per heavy atom. The summed E-state index contributed by atoms with van der Waals surface area (Å²) in [5, 5.41) is 15.0. The van der Waals surface area contributed by atoms with Crippen LogP contribution in [0.25, 0.3) is 10.9 Å². The average molecular weight is 530 g/mol. The third kappa shape index (κ3) is 6.14. The van der Waals surface area contributed by atoms with Gasteiger partial charge in [-0.3, -0.25) is 19.7 Å². The molecule has 6 nitrogen and oxygen atoms in total. The Hall–Kier alpha value is -2.51. The number of benzene rings is 2. The molecule has 0 unspecified atom stereocenters. The van der Waals surface area contributed by atoms with Crippen molar-refractivity contribution >= 4 is 10.9 Å². The van der Waals surface area contributed by atoms with Crippen LogP contribution in [-0.2, 0) is 12.1 Å². The molecule has 2 saturated heterocycles. The van der Waals surface area contributed by atoms with Gasteiger partial charge in [-0.25, -0.2) is 0 Å². The van der Waals surface area contributed by atoms with Gasteiger partial charge in [0.2, 0.25) is 0 Å². The van der Waals surface area contributed by atoms with E-state index in [1.165, 1.54) is 28.5 Å². The molecule has 0 amide bonds. The lowest BCUT2D eigenvalue weighted by molar-refractivity contribution is 0.0506. The molecule has 3 aromatic rings. The van der Waals surface area contributed by atoms with E-state index < -0.39 is 0 Å². The van der Waals surface area contributed by atoms with E-state index in [-0.39, 0.29) is 5.54 Å². The number of aromatic hydroxyl groups is 1. The first-order valence-electron chi connectivity index (χ1n) is 14.9. The van der Waals surface area contributed by atoms with Gasteiger partial charge in [-0.1, -0.05) is 37.6 Å². The molecule has 210 valence electrons. The third-order valence-corrected chi connectivity index (χ3v) is 9.07. The minimum atomic E-state index is -0.0361. The number of hydrogen-bond acceptors (Lipinski definition) is 6. The van der Waals surface area contributed by atoms with Gasteiger partial charge in [0.25, 0.3) is 0 Å². The van der Waals surface area contributed by atoms with E-state index >= 15 is 0 Å². The van der Waals surface area contributed by atoms with Crippen molar-refractivity contribution in [2.75, 3.05) is 40.3 Å². The first-order valence-corrected chi connectivity index (χ1v) is 14.9. The van der Waals surface area contributed by atoms with E-state index in [0.29, 0.717) is 23.9 Å². The van der Waals surface area contributed by atoms with Crippen LogP contribution in [0.15, 0.2) is 54.7 Å². The molecule has 2 aliphatic heterocycles. The zero-order valence-corrected chi connectivity index (χ0v) is 24.5. The highest BCUT2D eigenvalue weighted by Crippen LogP contribution is 2.39. The number of hydrogen-bond donors (Lipinski definition) is 2. The van der Waals surface area contributed by atoms with Gasteiger partial charge in [0, 0.05) is 68.0 Å². The number of nitrogens with zero attached hydrogens (tertiary/aromatic N) is 4. The van der Waals surface area contributed by atoms with Crippen molar-refractivity contribution in [1.29, 1.82) is 0 Å². The van der Waals surface area contributed by atoms with Crippen LogP contribution in [0.3, 0.4) is 0 Å². The number of nitrogens with one attached hydrogen (secondary N) is 1. The molecule has 2 N–H and O–H groups in total. The topological polar surface area (TPSA) is 54.9 Å². The molecule has 3 heterocycles. The van der Waals surface area contributed by atoms with Crippen molar-refractivity contribution in [3.63, 3.8) is 0 Å². The number of aromatic nitrogens is 1. The summed E-state index contributed by atoms with van der Waals surface area (Å²) < 4.78 is 0. The fourth-order valence-corrected chi connectivity index (χ4v) is 7.05. The Balaban J connectivity index is 1.28. The molecule has 6 heteroatoms. The van der Waals surface area contributed by atoms with Crippen molar-refractivity contribution in [2.24, 2.45) is 0 Å². The van der Waals surface area contributed by atoms with Gasteiger partial charge in [-0.15, -0.1) is 0 Å². The summed E-state index contributed by atoms with van der Waals surface area (Å²) in [6.45, 7) is 12.0. The lowest BCUT2D eigenvalue weighted by Crippen LogP contribution is -2.55. The van der Waals surface area contributed by atoms with E-state index in [1.54, 1.807) is 6.07 Å². The van der Waals surface area contributed by atoms with Crippen molar-refractivity contribution in [1.82, 2.24) is 25.0 Å². The monoisotopic (exact) mass is 529 g/mol. The molecule has 5 rings (SSSR count). The van der Waals surface area contributed by atoms with Crippen LogP contribution in [0.4, 0.5) is 0 Å². The first kappa shape index (κ1) is 28.0. The fourth-order valence-electron chi connectivity index (χ4n) is 7.05. The molecule has 2 fully saturated rings. The van der Waals surface area contributed by atoms with Gasteiger partial charge in [0.05, 0.1) is 5.52 Å². The maximum absolute atomic E-state index is 10.1. The van der Waals surface area contributed by atoms with Crippen molar-refractivity contribution < 1.29 is 5.11 Å². The van der Waals surface area contributed by atoms with E-state index in [4.69, 9.17) is 4.98 Å². The van der Waals surface area contributed by atoms with Gasteiger partial charge < -0.3 is 10.4 Å². The van der Waals surface area contributed by atoms with E-state index in [9.17, 15) is 5.11 Å². The van der Waals surface area contributed by atoms with Gasteiger partial charge in [-0.05, 0) is 88.2 Å². The molecule has 2 aliphatic rings. The average Bonchev–Trinajstić information content (AvgIpc) is 2.91. The molecule has 0 spiro atoms. The molecular weight excluding hydrogens is 482 g/mol. The Bertz CT molecular complexity index is 1240. The summed E-state index contributed by atoms with van der Waals surface area (Å²) in [4.78, 5) is 12.5. The highest BCUT2D eigenvalue weighted by Gasteiger charge is 2.38. The molecule has 2 aromatic carbocycles. The van der Waals surface area contributed by atoms with Crippen molar-refractivity contribution in [3.8, 4) is 5.75 Å². The second-order valence-corrected chi connectivity index (χ2v) is 12.3. The zero-order valence-electron chi connectivity index (χ0n) is 24.5. The summed E-state index contributed by atoms with van der Waals surface area (Å²) in [7, 11) is 4.33. The van der Waals surface area contributed by atoms with E-state index in [2.05, 4.69) is 91.4 Å². The second kappa shape index (κ2) is 11.9. The molecule has 3 atom stereocenters. The highest BCUT2D eigenvalue weighted by molar-refractivity contribution is 5.79. The maximum Gasteiger partial charge on any atom is 0.115 e. The standard InChI is InChI=1S/C33H47N5O/c1-6-8-32(38-21-24(2)35-25(3)22-38)28-18-27-12-11-26(17-31(27)34-20-28)23-37-15-13-33(14-16-37,36(4)5)29-9-7-10-30(39)19-29/h7,9-12,17-20,24-25,32,35,39H,6,8,13-16,21-23H2,1-5H3/t24-,25+,32-/m1/s1. The van der Waals surface area contributed by atoms with Crippen LogP contribution >= 0.6 is 0 Å². The summed E-state index contributed by atoms with van der Waals surface area (Å²) in [6.07, 6.45) is 6.55. The molecule has 0 bridgehead atoms. The minimum Gasteiger partial charge on any atom is -0.508 e. The zero-order chi connectivity index (χ0) is 27.6. The third-order valence-electron chi connectivity index (χ3n) is 9.07. The minimum absolute atomic E-state index is 0.0361. The van der Waals surface area contributed by atoms with Gasteiger partial charge in [-0.2, -0.15) is 0 Å². The predicted molar refractivity (Wildman–Crippen MR) is 161 cm³/mol. The lowest BCUT2D eigenvalue weighted by Gasteiger charge is -2.46. The Morgan fingerprint density at radius 3 is 2.46 bits per heavy atom. The lowest BCUT2D eigenvalue weighted by atomic mass is 9.79. The highest BCUT2D eigenvalue weighted by atomic mass is 16.3. The summed E-state index contributed by atoms with van der Waals surface area (Å²) in [5.74, 6) is 0.348. The number of piperazine rings is 1. The molecule has 39 heavy (non-hydrogen) atoms. The fraction of sp³-hybridized carbons (Fsp3) is 0.545. The summed E-state index contributed by atoms with van der Waals surface area (Å²) in [5.41, 5.74) is 4.94. The van der Waals surface area contributed by atoms with Crippen LogP contribution in [0, 0.1) is 0 Å². The number of likely N-dealkylation sites (tertiary alicyclic amines) is 1. The Morgan fingerprint density at radius 2 is 1.79 bits per heavy atom. The Kier molecular flexibility index (Phi) is 8.57. The van der Waals surface area contributed by atoms with Crippen LogP contribution in [0.1, 0.15) is 69.2 Å². The van der Waals surface area contributed by atoms with Gasteiger partial charge >= 0.3 is 0 Å². The quantitative estimate of drug-likeness (QED) is 0.401. The predicted octanol–water partition coefficient (Wildman–Crippen LogP) is 5.52. The van der Waals surface area contributed by atoms with Crippen molar-refractivity contribution in [2.45, 2.75) is 76.7 Å². The maximum atomic E-state index is 10.1. The van der Waals surface area contributed by atoms with Crippen LogP contribution in [0.5, 0.6) is 5.75 Å². The number of rotatable bonds is 8. The van der Waals surface area contributed by atoms with Crippen LogP contribution in [0.2, 0.25) is 0 Å². The van der Waals surface area contributed by atoms with E-state index in [0.717, 1.165) is 57.5 Å². The largest absolute Gasteiger partial charge is 0.508 e. The van der Waals surface area contributed by atoms with Crippen molar-refractivity contribution in [3.05, 3.63) is 71.4 Å². The number of pyridine rings is 1. The molecule has 0 aliphatic carbocycles. The normalized spacial score (nSPS) is 23.3. The molecule has 1 aromatic heterocycles. The van der Waals surface area contributed by atoms with Gasteiger partial charge in [0.1, 0.15) is 5.75 Å². The number of phenols is 1. The van der Waals surface area contributed by atoms with Crippen LogP contribution < -0.4 is 5.32 Å². The van der Waals surface area contributed by atoms with Crippen LogP contribution in [-0.4, -0.2) is 77.1 Å². The number of fused-ring (bicyclic) bond motifs is 1. The number of piperidine rings is 1. The Labute approximate surface area is 235 Å². The molecule has 0 saturated carbocycles. The SMILES string of the molecule is CCC[C@H](c1cnc2cc(CN3CCC(c4cccc(O)c4)(N(C)C)CC3)ccc2c1)N1C[C@@H](C)N[C@@H](C)C1. The number of phenolic OH excluding ortho intramolecular Hbond substituents is 1. The van der Waals surface area contributed by atoms with E-state index in [1.807, 2.05) is 12.1 Å². The first-order chi connectivity index (χ1) is 18.8. The summed E-state index contributed by atoms with van der Waals surface area (Å²) >= 11 is 0. The molecule has 0 radical (unpaired) electrons. The second-order valence-electron chi connectivity index (χ2n) is 12.3. The van der Waals surface area contributed by atoms with Gasteiger partial charge in [0.15, 0.2) is 0 Å². The smallest absolute Gasteiger partial charge is 0.115 e. The summed E-state index contributed by atoms with van der Waals surface area (Å²) in [6, 6.07) is 18.5. The molecular formula is C33H47N5O.